The number of hydrogen-bond donors (Lipinski definition) is 2. The van der Waals surface area contributed by atoms with Crippen LogP contribution < -0.4 is 5.32 Å². The number of unbranched alkanes of at least 4 members (excludes halogenated alkanes) is 1. The molecule has 0 fully saturated rings. The minimum absolute atomic E-state index is 0.226. The summed E-state index contributed by atoms with van der Waals surface area (Å²) < 4.78 is 28.1. The van der Waals surface area contributed by atoms with Gasteiger partial charge in [0.15, 0.2) is 5.69 Å². The molecule has 9 heteroatoms. The van der Waals surface area contributed by atoms with Gasteiger partial charge in [0.25, 0.3) is 15.0 Å². The van der Waals surface area contributed by atoms with Crippen LogP contribution in [0.3, 0.4) is 0 Å². The van der Waals surface area contributed by atoms with E-state index in [9.17, 15) is 13.2 Å². The molecule has 1 aromatic rings. The lowest BCUT2D eigenvalue weighted by Gasteiger charge is -2.05. The Morgan fingerprint density at radius 2 is 2.15 bits per heavy atom. The van der Waals surface area contributed by atoms with Crippen molar-refractivity contribution in [1.29, 1.82) is 0 Å². The van der Waals surface area contributed by atoms with Crippen molar-refractivity contribution in [3.8, 4) is 0 Å². The van der Waals surface area contributed by atoms with E-state index in [4.69, 9.17) is 15.4 Å². The lowest BCUT2D eigenvalue weighted by Crippen LogP contribution is -2.28. The first-order valence-electron chi connectivity index (χ1n) is 6.23. The van der Waals surface area contributed by atoms with Crippen LogP contribution in [-0.4, -0.2) is 44.3 Å². The average Bonchev–Trinajstić information content (AvgIpc) is 2.75. The summed E-state index contributed by atoms with van der Waals surface area (Å²) >= 11 is 0. The molecule has 0 aliphatic heterocycles. The molecule has 7 nitrogen and oxygen atoms in total. The number of aromatic amines is 1. The Morgan fingerprint density at radius 3 is 2.75 bits per heavy atom. The summed E-state index contributed by atoms with van der Waals surface area (Å²) in [4.78, 5) is 11.6. The van der Waals surface area contributed by atoms with E-state index in [0.717, 1.165) is 12.8 Å². The van der Waals surface area contributed by atoms with Crippen LogP contribution in [0.1, 0.15) is 35.9 Å². The summed E-state index contributed by atoms with van der Waals surface area (Å²) in [6, 6.07) is 0. The molecule has 1 aromatic heterocycles. The number of hydrogen-bond acceptors (Lipinski definition) is 5. The molecule has 0 aromatic carbocycles. The molecule has 20 heavy (non-hydrogen) atoms. The maximum atomic E-state index is 11.8. The molecule has 0 unspecified atom stereocenters. The summed E-state index contributed by atoms with van der Waals surface area (Å²) in [5, 5.41) is 8.64. The normalized spacial score (nSPS) is 11.6. The van der Waals surface area contributed by atoms with Gasteiger partial charge in [-0.25, -0.2) is 8.42 Å². The molecule has 1 amide bonds. The van der Waals surface area contributed by atoms with E-state index >= 15 is 0 Å². The molecule has 1 heterocycles. The number of carbonyl (C=O) groups excluding carboxylic acids is 1. The van der Waals surface area contributed by atoms with Gasteiger partial charge in [0, 0.05) is 23.8 Å². The maximum absolute atomic E-state index is 11.8. The summed E-state index contributed by atoms with van der Waals surface area (Å²) in [6.07, 6.45) is 2.00. The Kier molecular flexibility index (Phi) is 6.44. The van der Waals surface area contributed by atoms with Crippen molar-refractivity contribution in [3.05, 3.63) is 11.4 Å². The number of nitrogens with zero attached hydrogens (tertiary/aromatic N) is 1. The largest absolute Gasteiger partial charge is 0.380 e. The summed E-state index contributed by atoms with van der Waals surface area (Å²) in [6.45, 7) is 4.80. The smallest absolute Gasteiger partial charge is 0.273 e. The quantitative estimate of drug-likeness (QED) is 0.553. The number of nitrogens with one attached hydrogen (secondary N) is 2. The maximum Gasteiger partial charge on any atom is 0.273 e. The SMILES string of the molecule is CCCCOCCNC(=O)c1n[nH]c(C)c1S(=O)(=O)Cl. The zero-order valence-corrected chi connectivity index (χ0v) is 13.0. The molecule has 0 aliphatic carbocycles. The Balaban J connectivity index is 2.57. The monoisotopic (exact) mass is 323 g/mol. The zero-order valence-electron chi connectivity index (χ0n) is 11.4. The Labute approximate surface area is 122 Å². The van der Waals surface area contributed by atoms with Gasteiger partial charge in [0.05, 0.1) is 12.3 Å². The highest BCUT2D eigenvalue weighted by atomic mass is 35.7. The van der Waals surface area contributed by atoms with Gasteiger partial charge in [-0.05, 0) is 13.3 Å². The molecular formula is C11H18ClN3O4S. The third-order valence-corrected chi connectivity index (χ3v) is 3.97. The van der Waals surface area contributed by atoms with Crippen LogP contribution in [0, 0.1) is 6.92 Å². The lowest BCUT2D eigenvalue weighted by molar-refractivity contribution is 0.0905. The van der Waals surface area contributed by atoms with Crippen molar-refractivity contribution in [1.82, 2.24) is 15.5 Å². The third-order valence-electron chi connectivity index (χ3n) is 2.52. The minimum Gasteiger partial charge on any atom is -0.380 e. The fraction of sp³-hybridized carbons (Fsp3) is 0.636. The molecule has 0 atom stereocenters. The number of halogens is 1. The first-order valence-corrected chi connectivity index (χ1v) is 8.54. The standard InChI is InChI=1S/C11H18ClN3O4S/c1-3-4-6-19-7-5-13-11(16)9-10(20(12,17)18)8(2)14-15-9/h3-7H2,1-2H3,(H,13,16)(H,14,15). The first kappa shape index (κ1) is 16.9. The summed E-state index contributed by atoms with van der Waals surface area (Å²) in [7, 11) is 1.26. The minimum atomic E-state index is -4.02. The number of carbonyl (C=O) groups is 1. The van der Waals surface area contributed by atoms with Gasteiger partial charge in [-0.3, -0.25) is 9.89 Å². The van der Waals surface area contributed by atoms with E-state index in [1.807, 2.05) is 0 Å². The molecule has 0 saturated heterocycles. The number of H-pyrrole nitrogens is 1. The molecule has 114 valence electrons. The number of amides is 1. The second kappa shape index (κ2) is 7.61. The van der Waals surface area contributed by atoms with Gasteiger partial charge in [-0.1, -0.05) is 13.3 Å². The van der Waals surface area contributed by atoms with Crippen LogP contribution in [0.4, 0.5) is 0 Å². The van der Waals surface area contributed by atoms with Gasteiger partial charge in [0.1, 0.15) is 4.90 Å². The zero-order chi connectivity index (χ0) is 15.2. The molecule has 2 N–H and O–H groups in total. The van der Waals surface area contributed by atoms with Gasteiger partial charge in [-0.2, -0.15) is 5.10 Å². The highest BCUT2D eigenvalue weighted by molar-refractivity contribution is 8.13. The van der Waals surface area contributed by atoms with Gasteiger partial charge < -0.3 is 10.1 Å². The molecule has 0 saturated carbocycles. The summed E-state index contributed by atoms with van der Waals surface area (Å²) in [5.41, 5.74) is -0.00426. The van der Waals surface area contributed by atoms with E-state index in [2.05, 4.69) is 22.4 Å². The van der Waals surface area contributed by atoms with Crippen LogP contribution in [0.5, 0.6) is 0 Å². The third kappa shape index (κ3) is 4.77. The highest BCUT2D eigenvalue weighted by Crippen LogP contribution is 2.21. The van der Waals surface area contributed by atoms with E-state index < -0.39 is 15.0 Å². The van der Waals surface area contributed by atoms with Crippen LogP contribution in [0.2, 0.25) is 0 Å². The van der Waals surface area contributed by atoms with Crippen molar-refractivity contribution in [2.45, 2.75) is 31.6 Å². The van der Waals surface area contributed by atoms with Crippen molar-refractivity contribution in [2.24, 2.45) is 0 Å². The summed E-state index contributed by atoms with van der Waals surface area (Å²) in [5.74, 6) is -0.604. The predicted octanol–water partition coefficient (Wildman–Crippen LogP) is 1.19. The van der Waals surface area contributed by atoms with Crippen LogP contribution in [0.25, 0.3) is 0 Å². The molecule has 0 radical (unpaired) electrons. The van der Waals surface area contributed by atoms with E-state index in [1.165, 1.54) is 6.92 Å². The van der Waals surface area contributed by atoms with E-state index in [1.54, 1.807) is 0 Å². The Hall–Kier alpha value is -1.12. The Bertz CT molecular complexity index is 556. The number of aryl methyl sites for hydroxylation is 1. The van der Waals surface area contributed by atoms with Gasteiger partial charge in [0.2, 0.25) is 0 Å². The highest BCUT2D eigenvalue weighted by Gasteiger charge is 2.26. The van der Waals surface area contributed by atoms with Gasteiger partial charge >= 0.3 is 0 Å². The van der Waals surface area contributed by atoms with Crippen molar-refractivity contribution in [2.75, 3.05) is 19.8 Å². The molecular weight excluding hydrogens is 306 g/mol. The first-order chi connectivity index (χ1) is 9.38. The van der Waals surface area contributed by atoms with E-state index in [0.29, 0.717) is 13.2 Å². The van der Waals surface area contributed by atoms with Crippen LogP contribution in [0.15, 0.2) is 4.90 Å². The second-order valence-electron chi connectivity index (χ2n) is 4.19. The fourth-order valence-corrected chi connectivity index (χ4v) is 2.89. The number of rotatable bonds is 8. The van der Waals surface area contributed by atoms with Crippen molar-refractivity contribution in [3.63, 3.8) is 0 Å². The molecule has 0 spiro atoms. The van der Waals surface area contributed by atoms with Crippen molar-refractivity contribution >= 4 is 25.6 Å². The van der Waals surface area contributed by atoms with Crippen LogP contribution >= 0.6 is 10.7 Å². The predicted molar refractivity (Wildman–Crippen MR) is 74.4 cm³/mol. The Morgan fingerprint density at radius 1 is 1.45 bits per heavy atom. The number of aromatic nitrogens is 2. The second-order valence-corrected chi connectivity index (χ2v) is 6.69. The average molecular weight is 324 g/mol. The van der Waals surface area contributed by atoms with Crippen LogP contribution in [-0.2, 0) is 13.8 Å². The fourth-order valence-electron chi connectivity index (χ4n) is 1.54. The van der Waals surface area contributed by atoms with Crippen molar-refractivity contribution < 1.29 is 17.9 Å². The molecule has 1 rings (SSSR count). The topological polar surface area (TPSA) is 101 Å². The van der Waals surface area contributed by atoms with E-state index in [-0.39, 0.29) is 22.8 Å². The van der Waals surface area contributed by atoms with Gasteiger partial charge in [-0.15, -0.1) is 0 Å². The number of ether oxygens (including phenoxy) is 1. The molecule has 0 bridgehead atoms. The lowest BCUT2D eigenvalue weighted by atomic mass is 10.3. The molecule has 0 aliphatic rings.